The molecule has 1 atom stereocenters. The molecule has 0 radical (unpaired) electrons. The molecule has 1 fully saturated rings. The number of carbonyl (C=O) groups is 2. The highest BCUT2D eigenvalue weighted by molar-refractivity contribution is 6.46. The van der Waals surface area contributed by atoms with Crippen molar-refractivity contribution in [2.45, 2.75) is 52.0 Å². The van der Waals surface area contributed by atoms with Crippen molar-refractivity contribution in [3.8, 4) is 11.5 Å². The number of hydrogen-bond donors (Lipinski definition) is 1. The minimum Gasteiger partial charge on any atom is -0.507 e. The van der Waals surface area contributed by atoms with Crippen LogP contribution < -0.4 is 9.47 Å². The zero-order valence-electron chi connectivity index (χ0n) is 22.5. The summed E-state index contributed by atoms with van der Waals surface area (Å²) < 4.78 is 11.1. The first-order chi connectivity index (χ1) is 18.0. The molecule has 2 aromatic rings. The van der Waals surface area contributed by atoms with Gasteiger partial charge in [-0.2, -0.15) is 0 Å². The minimum absolute atomic E-state index is 0.0663. The largest absolute Gasteiger partial charge is 0.507 e. The number of ketones is 1. The van der Waals surface area contributed by atoms with E-state index in [1.54, 1.807) is 61.6 Å². The summed E-state index contributed by atoms with van der Waals surface area (Å²) in [6.45, 7) is 7.64. The Kier molecular flexibility index (Phi) is 10.6. The summed E-state index contributed by atoms with van der Waals surface area (Å²) in [5, 5.41) is 11.3. The average Bonchev–Trinajstić information content (AvgIpc) is 3.18. The lowest BCUT2D eigenvalue weighted by atomic mass is 9.94. The molecule has 3 rings (SSSR count). The van der Waals surface area contributed by atoms with Crippen LogP contribution in [0.4, 0.5) is 0 Å². The third-order valence-electron chi connectivity index (χ3n) is 6.85. The number of unbranched alkanes of at least 4 members (excludes halogenated alkanes) is 2. The van der Waals surface area contributed by atoms with Crippen LogP contribution in [-0.2, 0) is 9.59 Å². The molecule has 0 aromatic heterocycles. The number of Topliss-reactive ketones (excluding diaryl/α,β-unsaturated/α-hetero) is 1. The molecule has 0 saturated carbocycles. The summed E-state index contributed by atoms with van der Waals surface area (Å²) in [5.74, 6) is -0.398. The van der Waals surface area contributed by atoms with Gasteiger partial charge in [0.15, 0.2) is 0 Å². The molecule has 1 saturated heterocycles. The number of likely N-dealkylation sites (tertiary alicyclic amines) is 1. The van der Waals surface area contributed by atoms with Gasteiger partial charge in [0, 0.05) is 17.7 Å². The molecule has 1 heterocycles. The van der Waals surface area contributed by atoms with Gasteiger partial charge in [0.25, 0.3) is 11.7 Å². The Bertz CT molecular complexity index is 1070. The molecule has 1 aliphatic rings. The average molecular weight is 509 g/mol. The zero-order chi connectivity index (χ0) is 26.8. The molecule has 0 unspecified atom stereocenters. The number of carbonyl (C=O) groups excluding carboxylic acids is 2. The van der Waals surface area contributed by atoms with Crippen LogP contribution in [0, 0.1) is 0 Å². The monoisotopic (exact) mass is 508 g/mol. The number of aliphatic hydroxyl groups excluding tert-OH is 1. The maximum absolute atomic E-state index is 13.4. The number of rotatable bonds is 14. The van der Waals surface area contributed by atoms with Crippen LogP contribution in [0.2, 0.25) is 0 Å². The summed E-state index contributed by atoms with van der Waals surface area (Å²) in [4.78, 5) is 30.7. The van der Waals surface area contributed by atoms with E-state index in [-0.39, 0.29) is 11.3 Å². The second-order valence-corrected chi connectivity index (χ2v) is 9.37. The maximum Gasteiger partial charge on any atom is 0.295 e. The number of amides is 1. The standard InChI is InChI=1S/C30H40N2O5/c1-5-7-17-31(18-8-6-2)19-12-20-32-27(24-21-23(36-3)15-16-25(24)37-4)26(29(34)30(32)35)28(33)22-13-10-9-11-14-22/h9-11,13-16,21,27,33H,5-8,12,17-20H2,1-4H3/t27-/m0/s1. The van der Waals surface area contributed by atoms with Gasteiger partial charge in [-0.3, -0.25) is 9.59 Å². The zero-order valence-corrected chi connectivity index (χ0v) is 22.5. The second-order valence-electron chi connectivity index (χ2n) is 9.37. The molecule has 200 valence electrons. The molecular weight excluding hydrogens is 468 g/mol. The second kappa shape index (κ2) is 13.8. The lowest BCUT2D eigenvalue weighted by Crippen LogP contribution is -2.34. The van der Waals surface area contributed by atoms with Gasteiger partial charge >= 0.3 is 0 Å². The number of benzene rings is 2. The maximum atomic E-state index is 13.4. The summed E-state index contributed by atoms with van der Waals surface area (Å²) in [7, 11) is 3.11. The van der Waals surface area contributed by atoms with Crippen molar-refractivity contribution < 1.29 is 24.2 Å². The Hall–Kier alpha value is -3.32. The van der Waals surface area contributed by atoms with E-state index in [1.807, 2.05) is 6.07 Å². The summed E-state index contributed by atoms with van der Waals surface area (Å²) in [6.07, 6.45) is 5.24. The Balaban J connectivity index is 2.00. The summed E-state index contributed by atoms with van der Waals surface area (Å²) in [6, 6.07) is 13.4. The SMILES string of the molecule is CCCCN(CCCC)CCCN1C(=O)C(=O)C(=C(O)c2ccccc2)[C@@H]1c1cc(OC)ccc1OC. The third-order valence-corrected chi connectivity index (χ3v) is 6.85. The van der Waals surface area contributed by atoms with E-state index >= 15 is 0 Å². The van der Waals surface area contributed by atoms with E-state index in [0.717, 1.165) is 45.3 Å². The van der Waals surface area contributed by atoms with Gasteiger partial charge in [0.2, 0.25) is 0 Å². The molecule has 0 bridgehead atoms. The molecular formula is C30H40N2O5. The van der Waals surface area contributed by atoms with Crippen molar-refractivity contribution >= 4 is 17.4 Å². The van der Waals surface area contributed by atoms with Crippen LogP contribution in [0.3, 0.4) is 0 Å². The van der Waals surface area contributed by atoms with E-state index < -0.39 is 17.7 Å². The van der Waals surface area contributed by atoms with Gasteiger partial charge in [-0.25, -0.2) is 0 Å². The van der Waals surface area contributed by atoms with Gasteiger partial charge < -0.3 is 24.4 Å². The molecule has 2 aromatic carbocycles. The fourth-order valence-corrected chi connectivity index (χ4v) is 4.80. The molecule has 37 heavy (non-hydrogen) atoms. The van der Waals surface area contributed by atoms with Crippen LogP contribution in [-0.4, -0.2) is 67.0 Å². The quantitative estimate of drug-likeness (QED) is 0.209. The van der Waals surface area contributed by atoms with Crippen LogP contribution >= 0.6 is 0 Å². The Morgan fingerprint density at radius 2 is 1.57 bits per heavy atom. The van der Waals surface area contributed by atoms with Gasteiger partial charge in [0.1, 0.15) is 17.3 Å². The molecule has 7 heteroatoms. The van der Waals surface area contributed by atoms with Gasteiger partial charge in [-0.1, -0.05) is 57.0 Å². The normalized spacial score (nSPS) is 17.0. The van der Waals surface area contributed by atoms with Crippen LogP contribution in [0.15, 0.2) is 54.1 Å². The predicted molar refractivity (Wildman–Crippen MR) is 146 cm³/mol. The molecule has 0 spiro atoms. The number of ether oxygens (including phenoxy) is 2. The fourth-order valence-electron chi connectivity index (χ4n) is 4.80. The van der Waals surface area contributed by atoms with Crippen LogP contribution in [0.25, 0.3) is 5.76 Å². The molecule has 1 N–H and O–H groups in total. The fraction of sp³-hybridized carbons (Fsp3) is 0.467. The highest BCUT2D eigenvalue weighted by atomic mass is 16.5. The smallest absolute Gasteiger partial charge is 0.295 e. The van der Waals surface area contributed by atoms with Crippen LogP contribution in [0.5, 0.6) is 11.5 Å². The van der Waals surface area contributed by atoms with Gasteiger partial charge in [-0.05, 0) is 57.1 Å². The van der Waals surface area contributed by atoms with E-state index in [9.17, 15) is 14.7 Å². The van der Waals surface area contributed by atoms with E-state index in [0.29, 0.717) is 35.6 Å². The van der Waals surface area contributed by atoms with Crippen molar-refractivity contribution in [2.24, 2.45) is 0 Å². The van der Waals surface area contributed by atoms with Crippen molar-refractivity contribution in [3.63, 3.8) is 0 Å². The Morgan fingerprint density at radius 3 is 2.16 bits per heavy atom. The number of nitrogens with zero attached hydrogens (tertiary/aromatic N) is 2. The van der Waals surface area contributed by atoms with Crippen molar-refractivity contribution in [1.82, 2.24) is 9.80 Å². The lowest BCUT2D eigenvalue weighted by molar-refractivity contribution is -0.140. The number of aliphatic hydroxyl groups is 1. The Morgan fingerprint density at radius 1 is 0.919 bits per heavy atom. The predicted octanol–water partition coefficient (Wildman–Crippen LogP) is 5.42. The molecule has 1 amide bonds. The topological polar surface area (TPSA) is 79.3 Å². The third kappa shape index (κ3) is 6.72. The van der Waals surface area contributed by atoms with E-state index in [4.69, 9.17) is 9.47 Å². The summed E-state index contributed by atoms with van der Waals surface area (Å²) >= 11 is 0. The highest BCUT2D eigenvalue weighted by Crippen LogP contribution is 2.43. The first kappa shape index (κ1) is 28.3. The van der Waals surface area contributed by atoms with Crippen LogP contribution in [0.1, 0.15) is 63.1 Å². The van der Waals surface area contributed by atoms with Gasteiger partial charge in [-0.15, -0.1) is 0 Å². The van der Waals surface area contributed by atoms with Crippen molar-refractivity contribution in [2.75, 3.05) is 40.4 Å². The minimum atomic E-state index is -0.787. The van der Waals surface area contributed by atoms with E-state index in [1.165, 1.54) is 0 Å². The highest BCUT2D eigenvalue weighted by Gasteiger charge is 2.47. The molecule has 0 aliphatic carbocycles. The molecule has 7 nitrogen and oxygen atoms in total. The number of methoxy groups -OCH3 is 2. The van der Waals surface area contributed by atoms with Gasteiger partial charge in [0.05, 0.1) is 25.8 Å². The Labute approximate surface area is 220 Å². The van der Waals surface area contributed by atoms with Crippen molar-refractivity contribution in [1.29, 1.82) is 0 Å². The first-order valence-corrected chi connectivity index (χ1v) is 13.2. The number of hydrogen-bond acceptors (Lipinski definition) is 6. The molecule has 1 aliphatic heterocycles. The first-order valence-electron chi connectivity index (χ1n) is 13.2. The van der Waals surface area contributed by atoms with E-state index in [2.05, 4.69) is 18.7 Å². The summed E-state index contributed by atoms with van der Waals surface area (Å²) in [5.41, 5.74) is 1.15. The van der Waals surface area contributed by atoms with Crippen molar-refractivity contribution in [3.05, 3.63) is 65.2 Å². The lowest BCUT2D eigenvalue weighted by Gasteiger charge is -2.28.